The highest BCUT2D eigenvalue weighted by atomic mass is 19.1. The van der Waals surface area contributed by atoms with Crippen molar-refractivity contribution < 1.29 is 24.0 Å². The van der Waals surface area contributed by atoms with Crippen LogP contribution in [0.4, 0.5) is 15.8 Å². The summed E-state index contributed by atoms with van der Waals surface area (Å²) in [6.45, 7) is 7.85. The molecule has 2 heterocycles. The molecule has 2 fully saturated rings. The first-order valence-corrected chi connectivity index (χ1v) is 10.4. The van der Waals surface area contributed by atoms with E-state index in [4.69, 9.17) is 4.74 Å². The Morgan fingerprint density at radius 1 is 1.23 bits per heavy atom. The molecule has 0 saturated carbocycles. The average molecular weight is 423 g/mol. The van der Waals surface area contributed by atoms with Crippen LogP contribution >= 0.6 is 0 Å². The zero-order chi connectivity index (χ0) is 22.1. The lowest BCUT2D eigenvalue weighted by Gasteiger charge is -2.44. The Kier molecular flexibility index (Phi) is 6.33. The monoisotopic (exact) mass is 423 g/mol. The van der Waals surface area contributed by atoms with E-state index in [1.165, 1.54) is 12.1 Å². The maximum absolute atomic E-state index is 14.3. The van der Waals surface area contributed by atoms with Crippen LogP contribution in [-0.4, -0.2) is 64.3 Å². The number of hydrogen-bond acceptors (Lipinski definition) is 7. The Bertz CT molecular complexity index is 794. The Balaban J connectivity index is 1.53. The number of halogens is 1. The molecular formula is C21H30FN3O5. The molecule has 0 amide bonds. The molecule has 30 heavy (non-hydrogen) atoms. The molecule has 0 unspecified atom stereocenters. The molecule has 1 aromatic carbocycles. The number of benzene rings is 1. The maximum atomic E-state index is 14.3. The summed E-state index contributed by atoms with van der Waals surface area (Å²) >= 11 is 0. The highest BCUT2D eigenvalue weighted by Gasteiger charge is 2.43. The van der Waals surface area contributed by atoms with E-state index in [0.29, 0.717) is 50.7 Å². The lowest BCUT2D eigenvalue weighted by atomic mass is 9.89. The first-order chi connectivity index (χ1) is 14.0. The third-order valence-corrected chi connectivity index (χ3v) is 5.87. The predicted octanol–water partition coefficient (Wildman–Crippen LogP) is 2.87. The van der Waals surface area contributed by atoms with E-state index in [1.54, 1.807) is 20.8 Å². The van der Waals surface area contributed by atoms with Crippen molar-refractivity contribution in [2.45, 2.75) is 63.7 Å². The van der Waals surface area contributed by atoms with Crippen molar-refractivity contribution in [3.05, 3.63) is 34.1 Å². The summed E-state index contributed by atoms with van der Waals surface area (Å²) in [7, 11) is 0. The molecule has 3 rings (SSSR count). The fraction of sp³-hybridized carbons (Fsp3) is 0.667. The van der Waals surface area contributed by atoms with E-state index < -0.39 is 27.9 Å². The largest absolute Gasteiger partial charge is 0.458 e. The molecular weight excluding hydrogens is 393 g/mol. The molecule has 2 aliphatic rings. The second-order valence-corrected chi connectivity index (χ2v) is 9.18. The number of nitro groups is 1. The minimum absolute atomic E-state index is 0.253. The number of hydrogen-bond donors (Lipinski definition) is 1. The average Bonchev–Trinajstić information content (AvgIpc) is 2.67. The number of anilines is 1. The van der Waals surface area contributed by atoms with Crippen LogP contribution in [0.5, 0.6) is 0 Å². The van der Waals surface area contributed by atoms with Crippen LogP contribution in [-0.2, 0) is 9.53 Å². The van der Waals surface area contributed by atoms with Crippen LogP contribution in [0.1, 0.15) is 46.5 Å². The van der Waals surface area contributed by atoms with E-state index in [-0.39, 0.29) is 5.69 Å². The Morgan fingerprint density at radius 2 is 1.83 bits per heavy atom. The number of carbonyl (C=O) groups excluding carboxylic acids is 1. The summed E-state index contributed by atoms with van der Waals surface area (Å²) in [4.78, 5) is 26.7. The van der Waals surface area contributed by atoms with E-state index in [2.05, 4.69) is 4.90 Å². The zero-order valence-electron chi connectivity index (χ0n) is 17.8. The second-order valence-electron chi connectivity index (χ2n) is 9.18. The van der Waals surface area contributed by atoms with Crippen molar-refractivity contribution in [2.75, 3.05) is 31.1 Å². The molecule has 0 atom stereocenters. The van der Waals surface area contributed by atoms with Crippen LogP contribution in [0, 0.1) is 15.9 Å². The van der Waals surface area contributed by atoms with Crippen LogP contribution in [0.25, 0.3) is 0 Å². The summed E-state index contributed by atoms with van der Waals surface area (Å²) in [6.07, 6.45) is 2.31. The fourth-order valence-electron chi connectivity index (χ4n) is 4.17. The van der Waals surface area contributed by atoms with Crippen LogP contribution < -0.4 is 4.90 Å². The van der Waals surface area contributed by atoms with Gasteiger partial charge < -0.3 is 19.6 Å². The number of ether oxygens (including phenoxy) is 1. The van der Waals surface area contributed by atoms with Gasteiger partial charge in [-0.25, -0.2) is 9.18 Å². The molecule has 8 nitrogen and oxygen atoms in total. The Morgan fingerprint density at radius 3 is 2.33 bits per heavy atom. The summed E-state index contributed by atoms with van der Waals surface area (Å²) < 4.78 is 19.7. The van der Waals surface area contributed by atoms with Gasteiger partial charge in [0.15, 0.2) is 11.4 Å². The quantitative estimate of drug-likeness (QED) is 0.452. The smallest absolute Gasteiger partial charge is 0.338 e. The minimum atomic E-state index is -1.44. The molecule has 2 aliphatic heterocycles. The van der Waals surface area contributed by atoms with E-state index in [1.807, 2.05) is 4.90 Å². The van der Waals surface area contributed by atoms with E-state index in [0.717, 1.165) is 18.9 Å². The summed E-state index contributed by atoms with van der Waals surface area (Å²) in [5, 5.41) is 21.5. The van der Waals surface area contributed by atoms with Crippen molar-refractivity contribution in [2.24, 2.45) is 0 Å². The number of piperidine rings is 2. The van der Waals surface area contributed by atoms with Gasteiger partial charge in [0.1, 0.15) is 5.60 Å². The zero-order valence-corrected chi connectivity index (χ0v) is 17.8. The predicted molar refractivity (Wildman–Crippen MR) is 110 cm³/mol. The highest BCUT2D eigenvalue weighted by molar-refractivity contribution is 5.79. The molecule has 1 aromatic rings. The van der Waals surface area contributed by atoms with Gasteiger partial charge >= 0.3 is 5.97 Å². The van der Waals surface area contributed by atoms with Crippen molar-refractivity contribution in [3.63, 3.8) is 0 Å². The van der Waals surface area contributed by atoms with Crippen LogP contribution in [0.2, 0.25) is 0 Å². The van der Waals surface area contributed by atoms with Crippen LogP contribution in [0.15, 0.2) is 18.2 Å². The summed E-state index contributed by atoms with van der Waals surface area (Å²) in [5.41, 5.74) is -1.94. The number of carbonyl (C=O) groups is 1. The number of likely N-dealkylation sites (tertiary alicyclic amines) is 1. The third-order valence-electron chi connectivity index (χ3n) is 5.87. The number of nitro benzene ring substituents is 1. The Hall–Kier alpha value is -2.26. The number of non-ortho nitro benzene ring substituents is 1. The van der Waals surface area contributed by atoms with Gasteiger partial charge in [0.25, 0.3) is 5.69 Å². The summed E-state index contributed by atoms with van der Waals surface area (Å²) in [6, 6.07) is 4.05. The first kappa shape index (κ1) is 22.4. The van der Waals surface area contributed by atoms with E-state index in [9.17, 15) is 24.4 Å². The molecule has 0 radical (unpaired) electrons. The highest BCUT2D eigenvalue weighted by Crippen LogP contribution is 2.31. The van der Waals surface area contributed by atoms with Gasteiger partial charge in [-0.05, 0) is 52.5 Å². The molecule has 0 aliphatic carbocycles. The first-order valence-electron chi connectivity index (χ1n) is 10.4. The van der Waals surface area contributed by atoms with Crippen molar-refractivity contribution in [1.82, 2.24) is 4.90 Å². The number of nitrogens with zero attached hydrogens (tertiary/aromatic N) is 3. The number of aliphatic hydroxyl groups is 1. The van der Waals surface area contributed by atoms with Gasteiger partial charge in [-0.2, -0.15) is 0 Å². The molecule has 9 heteroatoms. The fourth-order valence-corrected chi connectivity index (χ4v) is 4.17. The SMILES string of the molecule is CC(C)(C)OC(=O)C1(O)CCN(C2CCN(c3ccc([N+](=O)[O-])cc3F)CC2)CC1. The lowest BCUT2D eigenvalue weighted by molar-refractivity contribution is -0.385. The van der Waals surface area contributed by atoms with Gasteiger partial charge in [-0.3, -0.25) is 10.1 Å². The van der Waals surface area contributed by atoms with Crippen molar-refractivity contribution in [1.29, 1.82) is 0 Å². The van der Waals surface area contributed by atoms with Gasteiger partial charge in [-0.15, -0.1) is 0 Å². The minimum Gasteiger partial charge on any atom is -0.458 e. The molecule has 0 spiro atoms. The molecule has 2 saturated heterocycles. The summed E-state index contributed by atoms with van der Waals surface area (Å²) in [5.74, 6) is -1.14. The van der Waals surface area contributed by atoms with Crippen LogP contribution in [0.3, 0.4) is 0 Å². The van der Waals surface area contributed by atoms with Gasteiger partial charge in [-0.1, -0.05) is 0 Å². The Labute approximate surface area is 175 Å². The van der Waals surface area contributed by atoms with Gasteiger partial charge in [0.2, 0.25) is 0 Å². The molecule has 0 bridgehead atoms. The lowest BCUT2D eigenvalue weighted by Crippen LogP contribution is -2.55. The molecule has 1 N–H and O–H groups in total. The van der Waals surface area contributed by atoms with E-state index >= 15 is 0 Å². The number of rotatable bonds is 4. The maximum Gasteiger partial charge on any atom is 0.338 e. The standard InChI is InChI=1S/C21H30FN3O5/c1-20(2,3)30-19(26)21(27)8-12-23(13-9-21)15-6-10-24(11-7-15)18-5-4-16(25(28)29)14-17(18)22/h4-5,14-15,27H,6-13H2,1-3H3. The van der Waals surface area contributed by atoms with Gasteiger partial charge in [0.05, 0.1) is 16.7 Å². The second kappa shape index (κ2) is 8.47. The van der Waals surface area contributed by atoms with Crippen molar-refractivity contribution in [3.8, 4) is 0 Å². The molecule has 166 valence electrons. The van der Waals surface area contributed by atoms with Gasteiger partial charge in [0, 0.05) is 38.3 Å². The number of esters is 1. The third kappa shape index (κ3) is 5.07. The molecule has 0 aromatic heterocycles. The topological polar surface area (TPSA) is 96.2 Å². The normalized spacial score (nSPS) is 20.8. The van der Waals surface area contributed by atoms with Crippen molar-refractivity contribution >= 4 is 17.3 Å².